The standard InChI is InChI=1S/C20H20N4O5/c1-2-9-24(12-17-22-23-20(29-17)15-8-5-10-27-15)18(25)11-16-19(26)21-13-6-3-4-7-14(13)28-16/h3-8,10,16H,2,9,11-12H2,1H3,(H,21,26). The van der Waals surface area contributed by atoms with Crippen LogP contribution in [0.4, 0.5) is 5.69 Å². The van der Waals surface area contributed by atoms with Crippen LogP contribution in [0.5, 0.6) is 5.75 Å². The van der Waals surface area contributed by atoms with E-state index in [1.54, 1.807) is 35.2 Å². The fourth-order valence-corrected chi connectivity index (χ4v) is 3.06. The Labute approximate surface area is 166 Å². The summed E-state index contributed by atoms with van der Waals surface area (Å²) in [6, 6.07) is 10.6. The minimum Gasteiger partial charge on any atom is -0.478 e. The lowest BCUT2D eigenvalue weighted by molar-refractivity contribution is -0.137. The minimum absolute atomic E-state index is 0.0840. The van der Waals surface area contributed by atoms with Gasteiger partial charge < -0.3 is 23.8 Å². The highest BCUT2D eigenvalue weighted by Crippen LogP contribution is 2.30. The highest BCUT2D eigenvalue weighted by molar-refractivity contribution is 5.99. The number of benzene rings is 1. The van der Waals surface area contributed by atoms with Crippen LogP contribution in [0.25, 0.3) is 11.7 Å². The second-order valence-corrected chi connectivity index (χ2v) is 6.59. The van der Waals surface area contributed by atoms with E-state index in [1.165, 1.54) is 6.26 Å². The predicted molar refractivity (Wildman–Crippen MR) is 102 cm³/mol. The molecule has 1 aliphatic rings. The second kappa shape index (κ2) is 8.17. The summed E-state index contributed by atoms with van der Waals surface area (Å²) in [5.74, 6) is 0.976. The summed E-state index contributed by atoms with van der Waals surface area (Å²) < 4.78 is 16.6. The lowest BCUT2D eigenvalue weighted by atomic mass is 10.1. The molecule has 3 heterocycles. The molecule has 0 aliphatic carbocycles. The fraction of sp³-hybridized carbons (Fsp3) is 0.300. The number of fused-ring (bicyclic) bond motifs is 1. The molecule has 0 saturated heterocycles. The van der Waals surface area contributed by atoms with E-state index in [0.717, 1.165) is 6.42 Å². The maximum Gasteiger partial charge on any atom is 0.283 e. The number of para-hydroxylation sites is 2. The van der Waals surface area contributed by atoms with Gasteiger partial charge in [-0.3, -0.25) is 9.59 Å². The largest absolute Gasteiger partial charge is 0.478 e. The lowest BCUT2D eigenvalue weighted by Gasteiger charge is -2.27. The molecule has 0 saturated carbocycles. The summed E-state index contributed by atoms with van der Waals surface area (Å²) in [5, 5.41) is 10.7. The Morgan fingerprint density at radius 2 is 2.07 bits per heavy atom. The molecule has 9 heteroatoms. The molecule has 1 atom stereocenters. The number of carbonyl (C=O) groups excluding carboxylic acids is 2. The Morgan fingerprint density at radius 1 is 1.21 bits per heavy atom. The van der Waals surface area contributed by atoms with Gasteiger partial charge in [-0.2, -0.15) is 0 Å². The molecule has 1 N–H and O–H groups in total. The zero-order valence-corrected chi connectivity index (χ0v) is 15.8. The highest BCUT2D eigenvalue weighted by Gasteiger charge is 2.31. The predicted octanol–water partition coefficient (Wildman–Crippen LogP) is 2.86. The zero-order chi connectivity index (χ0) is 20.2. The molecule has 1 aliphatic heterocycles. The maximum absolute atomic E-state index is 12.9. The third-order valence-electron chi connectivity index (χ3n) is 4.44. The van der Waals surface area contributed by atoms with Gasteiger partial charge in [-0.25, -0.2) is 0 Å². The van der Waals surface area contributed by atoms with Crippen molar-refractivity contribution in [2.24, 2.45) is 0 Å². The van der Waals surface area contributed by atoms with Gasteiger partial charge in [0, 0.05) is 6.54 Å². The first-order chi connectivity index (χ1) is 14.1. The van der Waals surface area contributed by atoms with Crippen LogP contribution in [0.1, 0.15) is 25.7 Å². The highest BCUT2D eigenvalue weighted by atomic mass is 16.5. The van der Waals surface area contributed by atoms with Crippen molar-refractivity contribution in [3.05, 3.63) is 48.6 Å². The van der Waals surface area contributed by atoms with Crippen molar-refractivity contribution in [2.45, 2.75) is 32.4 Å². The Bertz CT molecular complexity index is 998. The Hall–Kier alpha value is -3.62. The number of rotatable bonds is 7. The summed E-state index contributed by atoms with van der Waals surface area (Å²) >= 11 is 0. The average molecular weight is 396 g/mol. The van der Waals surface area contributed by atoms with E-state index in [-0.39, 0.29) is 36.6 Å². The zero-order valence-electron chi connectivity index (χ0n) is 15.8. The molecule has 0 spiro atoms. The average Bonchev–Trinajstić information content (AvgIpc) is 3.40. The van der Waals surface area contributed by atoms with Crippen molar-refractivity contribution in [3.63, 3.8) is 0 Å². The molecule has 9 nitrogen and oxygen atoms in total. The van der Waals surface area contributed by atoms with E-state index in [0.29, 0.717) is 23.7 Å². The van der Waals surface area contributed by atoms with Gasteiger partial charge in [0.1, 0.15) is 5.75 Å². The van der Waals surface area contributed by atoms with Gasteiger partial charge in [0.25, 0.3) is 11.8 Å². The quantitative estimate of drug-likeness (QED) is 0.654. The number of aromatic nitrogens is 2. The van der Waals surface area contributed by atoms with Crippen molar-refractivity contribution < 1.29 is 23.2 Å². The van der Waals surface area contributed by atoms with E-state index < -0.39 is 6.10 Å². The number of anilines is 1. The van der Waals surface area contributed by atoms with Gasteiger partial charge in [-0.1, -0.05) is 19.1 Å². The summed E-state index contributed by atoms with van der Waals surface area (Å²) in [7, 11) is 0. The van der Waals surface area contributed by atoms with E-state index in [9.17, 15) is 9.59 Å². The van der Waals surface area contributed by atoms with Crippen LogP contribution >= 0.6 is 0 Å². The lowest BCUT2D eigenvalue weighted by Crippen LogP contribution is -2.42. The van der Waals surface area contributed by atoms with Gasteiger partial charge in [0.15, 0.2) is 11.9 Å². The third kappa shape index (κ3) is 4.13. The Morgan fingerprint density at radius 3 is 2.86 bits per heavy atom. The number of hydrogen-bond donors (Lipinski definition) is 1. The van der Waals surface area contributed by atoms with Crippen LogP contribution in [0, 0.1) is 0 Å². The first kappa shape index (κ1) is 18.7. The fourth-order valence-electron chi connectivity index (χ4n) is 3.06. The van der Waals surface area contributed by atoms with Crippen molar-refractivity contribution in [1.29, 1.82) is 0 Å². The number of amides is 2. The van der Waals surface area contributed by atoms with Crippen LogP contribution in [0.15, 0.2) is 51.5 Å². The molecule has 2 amide bonds. The normalized spacial score (nSPS) is 15.3. The molecule has 0 fully saturated rings. The molecule has 29 heavy (non-hydrogen) atoms. The van der Waals surface area contributed by atoms with E-state index in [4.69, 9.17) is 13.6 Å². The summed E-state index contributed by atoms with van der Waals surface area (Å²) in [5.41, 5.74) is 0.600. The topological polar surface area (TPSA) is 111 Å². The molecule has 2 aromatic heterocycles. The third-order valence-corrected chi connectivity index (χ3v) is 4.44. The molecule has 0 radical (unpaired) electrons. The minimum atomic E-state index is -0.891. The molecule has 0 bridgehead atoms. The molecule has 3 aromatic rings. The van der Waals surface area contributed by atoms with Gasteiger partial charge >= 0.3 is 0 Å². The number of furan rings is 1. The molecule has 1 unspecified atom stereocenters. The smallest absolute Gasteiger partial charge is 0.283 e. The Balaban J connectivity index is 1.43. The van der Waals surface area contributed by atoms with Crippen LogP contribution in [0.3, 0.4) is 0 Å². The van der Waals surface area contributed by atoms with E-state index in [2.05, 4.69) is 15.5 Å². The SMILES string of the molecule is CCCN(Cc1nnc(-c2ccco2)o1)C(=O)CC1Oc2ccccc2NC1=O. The van der Waals surface area contributed by atoms with Crippen LogP contribution in [0.2, 0.25) is 0 Å². The molecule has 4 rings (SSSR count). The summed E-state index contributed by atoms with van der Waals surface area (Å²) in [6.07, 6.45) is 1.28. The summed E-state index contributed by atoms with van der Waals surface area (Å²) in [6.45, 7) is 2.59. The van der Waals surface area contributed by atoms with Crippen molar-refractivity contribution in [2.75, 3.05) is 11.9 Å². The van der Waals surface area contributed by atoms with Crippen LogP contribution in [-0.2, 0) is 16.1 Å². The number of hydrogen-bond acceptors (Lipinski definition) is 7. The second-order valence-electron chi connectivity index (χ2n) is 6.59. The van der Waals surface area contributed by atoms with Gasteiger partial charge in [-0.05, 0) is 30.7 Å². The monoisotopic (exact) mass is 396 g/mol. The van der Waals surface area contributed by atoms with E-state index >= 15 is 0 Å². The maximum atomic E-state index is 12.9. The first-order valence-electron chi connectivity index (χ1n) is 9.34. The number of carbonyl (C=O) groups is 2. The van der Waals surface area contributed by atoms with Gasteiger partial charge in [0.05, 0.1) is 24.9 Å². The Kier molecular flexibility index (Phi) is 5.28. The molecular weight excluding hydrogens is 376 g/mol. The number of ether oxygens (including phenoxy) is 1. The molecule has 1 aromatic carbocycles. The van der Waals surface area contributed by atoms with Crippen molar-refractivity contribution in [1.82, 2.24) is 15.1 Å². The van der Waals surface area contributed by atoms with Gasteiger partial charge in [0.2, 0.25) is 11.8 Å². The number of nitrogens with zero attached hydrogens (tertiary/aromatic N) is 3. The summed E-state index contributed by atoms with van der Waals surface area (Å²) in [4.78, 5) is 26.7. The van der Waals surface area contributed by atoms with Crippen LogP contribution < -0.4 is 10.1 Å². The van der Waals surface area contributed by atoms with Crippen molar-refractivity contribution in [3.8, 4) is 17.4 Å². The first-order valence-corrected chi connectivity index (χ1v) is 9.34. The molecular formula is C20H20N4O5. The number of nitrogens with one attached hydrogen (secondary N) is 1. The van der Waals surface area contributed by atoms with Crippen LogP contribution in [-0.4, -0.2) is 39.6 Å². The van der Waals surface area contributed by atoms with E-state index in [1.807, 2.05) is 13.0 Å². The van der Waals surface area contributed by atoms with Crippen molar-refractivity contribution >= 4 is 17.5 Å². The van der Waals surface area contributed by atoms with Gasteiger partial charge in [-0.15, -0.1) is 10.2 Å². The molecule has 150 valence electrons.